The van der Waals surface area contributed by atoms with Gasteiger partial charge in [0.2, 0.25) is 5.91 Å². The van der Waals surface area contributed by atoms with Gasteiger partial charge in [0.1, 0.15) is 5.76 Å². The summed E-state index contributed by atoms with van der Waals surface area (Å²) in [5.41, 5.74) is 0.653. The van der Waals surface area contributed by atoms with Crippen LogP contribution in [0.1, 0.15) is 36.2 Å². The number of likely N-dealkylation sites (N-methyl/N-ethyl adjacent to an activating group) is 1. The first kappa shape index (κ1) is 18.6. The number of rotatable bonds is 7. The quantitative estimate of drug-likeness (QED) is 0.689. The summed E-state index contributed by atoms with van der Waals surface area (Å²) in [4.78, 5) is 25.7. The Morgan fingerprint density at radius 3 is 2.78 bits per heavy atom. The maximum Gasteiger partial charge on any atom is 0.289 e. The van der Waals surface area contributed by atoms with Gasteiger partial charge in [-0.25, -0.2) is 0 Å². The Bertz CT molecular complexity index is 929. The molecule has 0 aliphatic heterocycles. The molecule has 1 aromatic carbocycles. The van der Waals surface area contributed by atoms with E-state index in [-0.39, 0.29) is 30.2 Å². The largest absolute Gasteiger partial charge is 0.490 e. The summed E-state index contributed by atoms with van der Waals surface area (Å²) in [5.74, 6) is 0.830. The fraction of sp³-hybridized carbons (Fsp3) is 0.300. The molecule has 0 aliphatic rings. The van der Waals surface area contributed by atoms with Gasteiger partial charge in [-0.1, -0.05) is 12.1 Å². The van der Waals surface area contributed by atoms with Crippen molar-refractivity contribution < 1.29 is 23.2 Å². The molecule has 7 nitrogen and oxygen atoms in total. The molecule has 2 amide bonds. The third-order valence-electron chi connectivity index (χ3n) is 4.09. The maximum absolute atomic E-state index is 12.3. The minimum atomic E-state index is -0.355. The first-order valence-corrected chi connectivity index (χ1v) is 8.73. The number of hydrogen-bond acceptors (Lipinski definition) is 5. The SMILES string of the molecule is CCOc1cccc2cc(C(C)NC(=O)CN(C)C(=O)c3ccco3)oc12. The van der Waals surface area contributed by atoms with Crippen molar-refractivity contribution in [2.45, 2.75) is 19.9 Å². The molecule has 0 saturated carbocycles. The number of nitrogens with zero attached hydrogens (tertiary/aromatic N) is 1. The lowest BCUT2D eigenvalue weighted by Crippen LogP contribution is -2.39. The molecule has 1 unspecified atom stereocenters. The van der Waals surface area contributed by atoms with E-state index in [1.54, 1.807) is 19.2 Å². The predicted molar refractivity (Wildman–Crippen MR) is 99.6 cm³/mol. The minimum Gasteiger partial charge on any atom is -0.490 e. The van der Waals surface area contributed by atoms with E-state index >= 15 is 0 Å². The van der Waals surface area contributed by atoms with Crippen LogP contribution in [0.2, 0.25) is 0 Å². The number of carbonyl (C=O) groups excluding carboxylic acids is 2. The van der Waals surface area contributed by atoms with Gasteiger partial charge in [0.25, 0.3) is 5.91 Å². The topological polar surface area (TPSA) is 84.9 Å². The average molecular weight is 370 g/mol. The minimum absolute atomic E-state index is 0.0890. The number of carbonyl (C=O) groups is 2. The molecule has 0 radical (unpaired) electrons. The standard InChI is InChI=1S/C20H22N2O5/c1-4-25-15-8-5-7-14-11-17(27-19(14)15)13(2)21-18(23)12-22(3)20(24)16-9-6-10-26-16/h5-11,13H,4,12H2,1-3H3,(H,21,23). The van der Waals surface area contributed by atoms with E-state index in [2.05, 4.69) is 5.32 Å². The van der Waals surface area contributed by atoms with E-state index < -0.39 is 0 Å². The zero-order chi connectivity index (χ0) is 19.4. The lowest BCUT2D eigenvalue weighted by atomic mass is 10.2. The van der Waals surface area contributed by atoms with Crippen molar-refractivity contribution in [3.63, 3.8) is 0 Å². The highest BCUT2D eigenvalue weighted by atomic mass is 16.5. The molecule has 0 fully saturated rings. The van der Waals surface area contributed by atoms with Crippen LogP contribution >= 0.6 is 0 Å². The third-order valence-corrected chi connectivity index (χ3v) is 4.09. The first-order chi connectivity index (χ1) is 13.0. The van der Waals surface area contributed by atoms with Gasteiger partial charge in [0.05, 0.1) is 25.5 Å². The molecule has 0 saturated heterocycles. The molecule has 27 heavy (non-hydrogen) atoms. The van der Waals surface area contributed by atoms with Crippen LogP contribution in [0.4, 0.5) is 0 Å². The summed E-state index contributed by atoms with van der Waals surface area (Å²) in [6, 6.07) is 10.4. The van der Waals surface area contributed by atoms with Crippen LogP contribution in [0.5, 0.6) is 5.75 Å². The highest BCUT2D eigenvalue weighted by Crippen LogP contribution is 2.31. The number of amides is 2. The lowest BCUT2D eigenvalue weighted by Gasteiger charge is -2.17. The molecular formula is C20H22N2O5. The Hall–Kier alpha value is -3.22. The van der Waals surface area contributed by atoms with Gasteiger partial charge in [-0.15, -0.1) is 0 Å². The summed E-state index contributed by atoms with van der Waals surface area (Å²) in [6.45, 7) is 4.18. The number of hydrogen-bond donors (Lipinski definition) is 1. The Morgan fingerprint density at radius 1 is 1.26 bits per heavy atom. The highest BCUT2D eigenvalue weighted by Gasteiger charge is 2.20. The molecule has 3 rings (SSSR count). The summed E-state index contributed by atoms with van der Waals surface area (Å²) >= 11 is 0. The lowest BCUT2D eigenvalue weighted by molar-refractivity contribution is -0.122. The predicted octanol–water partition coefficient (Wildman–Crippen LogP) is 3.37. The Morgan fingerprint density at radius 2 is 2.07 bits per heavy atom. The first-order valence-electron chi connectivity index (χ1n) is 8.73. The van der Waals surface area contributed by atoms with Gasteiger partial charge >= 0.3 is 0 Å². The average Bonchev–Trinajstić information content (AvgIpc) is 3.31. The molecule has 2 aromatic heterocycles. The van der Waals surface area contributed by atoms with Crippen molar-refractivity contribution in [2.75, 3.05) is 20.2 Å². The van der Waals surface area contributed by atoms with Crippen LogP contribution in [0.25, 0.3) is 11.0 Å². The van der Waals surface area contributed by atoms with E-state index in [9.17, 15) is 9.59 Å². The molecule has 1 N–H and O–H groups in total. The normalized spacial score (nSPS) is 12.0. The van der Waals surface area contributed by atoms with Gasteiger partial charge in [0, 0.05) is 12.4 Å². The second kappa shape index (κ2) is 7.99. The van der Waals surface area contributed by atoms with Crippen LogP contribution in [0.3, 0.4) is 0 Å². The number of ether oxygens (including phenoxy) is 1. The number of furan rings is 2. The third kappa shape index (κ3) is 4.13. The highest BCUT2D eigenvalue weighted by molar-refractivity contribution is 5.94. The van der Waals surface area contributed by atoms with Crippen LogP contribution in [-0.2, 0) is 4.79 Å². The van der Waals surface area contributed by atoms with Crippen molar-refractivity contribution in [2.24, 2.45) is 0 Å². The van der Waals surface area contributed by atoms with E-state index in [1.165, 1.54) is 11.2 Å². The van der Waals surface area contributed by atoms with Crippen LogP contribution in [0.15, 0.2) is 51.5 Å². The zero-order valence-corrected chi connectivity index (χ0v) is 15.5. The van der Waals surface area contributed by atoms with Crippen molar-refractivity contribution >= 4 is 22.8 Å². The van der Waals surface area contributed by atoms with Crippen molar-refractivity contribution in [1.82, 2.24) is 10.2 Å². The van der Waals surface area contributed by atoms with Crippen LogP contribution in [0, 0.1) is 0 Å². The van der Waals surface area contributed by atoms with Gasteiger partial charge in [-0.3, -0.25) is 9.59 Å². The molecule has 2 heterocycles. The Balaban J connectivity index is 1.65. The fourth-order valence-corrected chi connectivity index (χ4v) is 2.77. The number of nitrogens with one attached hydrogen (secondary N) is 1. The maximum atomic E-state index is 12.3. The molecule has 0 bridgehead atoms. The number of para-hydroxylation sites is 1. The van der Waals surface area contributed by atoms with E-state index in [1.807, 2.05) is 38.1 Å². The summed E-state index contributed by atoms with van der Waals surface area (Å²) < 4.78 is 16.5. The summed E-state index contributed by atoms with van der Waals surface area (Å²) in [7, 11) is 1.55. The van der Waals surface area contributed by atoms with Crippen molar-refractivity contribution in [3.8, 4) is 5.75 Å². The van der Waals surface area contributed by atoms with E-state index in [0.29, 0.717) is 23.7 Å². The monoisotopic (exact) mass is 370 g/mol. The molecule has 1 atom stereocenters. The van der Waals surface area contributed by atoms with E-state index in [4.69, 9.17) is 13.6 Å². The van der Waals surface area contributed by atoms with Crippen LogP contribution < -0.4 is 10.1 Å². The molecule has 7 heteroatoms. The van der Waals surface area contributed by atoms with Crippen molar-refractivity contribution in [1.29, 1.82) is 0 Å². The second-order valence-electron chi connectivity index (χ2n) is 6.18. The van der Waals surface area contributed by atoms with Gasteiger partial charge < -0.3 is 23.8 Å². The van der Waals surface area contributed by atoms with Gasteiger partial charge in [-0.05, 0) is 38.1 Å². The summed E-state index contributed by atoms with van der Waals surface area (Å²) in [6.07, 6.45) is 1.42. The molecule has 142 valence electrons. The van der Waals surface area contributed by atoms with Gasteiger partial charge in [0.15, 0.2) is 17.1 Å². The number of fused-ring (bicyclic) bond motifs is 1. The number of benzene rings is 1. The van der Waals surface area contributed by atoms with E-state index in [0.717, 1.165) is 5.39 Å². The Kier molecular flexibility index (Phi) is 5.49. The summed E-state index contributed by atoms with van der Waals surface area (Å²) in [5, 5.41) is 3.75. The molecule has 0 aliphatic carbocycles. The van der Waals surface area contributed by atoms with Crippen molar-refractivity contribution in [3.05, 3.63) is 54.2 Å². The molecular weight excluding hydrogens is 348 g/mol. The Labute approximate surface area is 156 Å². The van der Waals surface area contributed by atoms with Crippen LogP contribution in [-0.4, -0.2) is 36.9 Å². The fourth-order valence-electron chi connectivity index (χ4n) is 2.77. The zero-order valence-electron chi connectivity index (χ0n) is 15.5. The smallest absolute Gasteiger partial charge is 0.289 e. The molecule has 0 spiro atoms. The van der Waals surface area contributed by atoms with Gasteiger partial charge in [-0.2, -0.15) is 0 Å². The molecule has 3 aromatic rings. The second-order valence-corrected chi connectivity index (χ2v) is 6.18.